The van der Waals surface area contributed by atoms with E-state index in [-0.39, 0.29) is 5.56 Å². The lowest BCUT2D eigenvalue weighted by Crippen LogP contribution is -2.48. The summed E-state index contributed by atoms with van der Waals surface area (Å²) in [5.41, 5.74) is -1.14. The summed E-state index contributed by atoms with van der Waals surface area (Å²) >= 11 is 0. The first-order valence-electron chi connectivity index (χ1n) is 16.0. The molecule has 23 heavy (non-hydrogen) atoms. The lowest BCUT2D eigenvalue weighted by atomic mass is 9.79. The first-order chi connectivity index (χ1) is 18.1. The van der Waals surface area contributed by atoms with Crippen molar-refractivity contribution in [1.82, 2.24) is 4.90 Å². The molecule has 3 rings (SSSR count). The summed E-state index contributed by atoms with van der Waals surface area (Å²) in [5, 5.41) is 11.1. The topological polar surface area (TPSA) is 41.9 Å². The van der Waals surface area contributed by atoms with Crippen molar-refractivity contribution in [3.05, 3.63) is 23.2 Å². The van der Waals surface area contributed by atoms with Crippen molar-refractivity contribution in [2.24, 2.45) is 11.8 Å². The Balaban J connectivity index is 2.29. The van der Waals surface area contributed by atoms with Crippen LogP contribution in [0.3, 0.4) is 0 Å². The van der Waals surface area contributed by atoms with Crippen LogP contribution in [0.1, 0.15) is 68.3 Å². The van der Waals surface area contributed by atoms with Crippen LogP contribution in [0.4, 0.5) is 0 Å². The van der Waals surface area contributed by atoms with E-state index < -0.39 is 106 Å². The molecule has 4 nitrogen and oxygen atoms in total. The highest BCUT2D eigenvalue weighted by Gasteiger charge is 2.38. The van der Waals surface area contributed by atoms with Crippen LogP contribution < -0.4 is 9.47 Å². The number of hydrogen-bond donors (Lipinski definition) is 1. The van der Waals surface area contributed by atoms with E-state index in [1.807, 2.05) is 0 Å². The molecule has 2 aliphatic heterocycles. The molecule has 1 aromatic rings. The number of ether oxygens (including phenoxy) is 2. The smallest absolute Gasteiger partial charge is 0.161 e. The molecule has 1 fully saturated rings. The standard InChI is InChI=1S/C19H29NO3/c1-12(2)7-14-11-20-6-5-13-8-18(22-3)19(23-4)9-15(13)16(20)10-17(14)21/h8-9,12,14,16-17,21H,5-7,10-11H2,1-4H3/i1D3,2D3,3D3,5D2,6D2,7D2,8D,9D,12D. The lowest BCUT2D eigenvalue weighted by Gasteiger charge is -2.46. The molecule has 0 spiro atoms. The number of nitrogens with zero attached hydrogens (tertiary/aromatic N) is 1. The van der Waals surface area contributed by atoms with Crippen molar-refractivity contribution in [3.63, 3.8) is 0 Å². The number of benzene rings is 1. The van der Waals surface area contributed by atoms with Gasteiger partial charge in [0.2, 0.25) is 0 Å². The van der Waals surface area contributed by atoms with Crippen molar-refractivity contribution >= 4 is 0 Å². The van der Waals surface area contributed by atoms with Crippen LogP contribution in [0.5, 0.6) is 11.5 Å². The van der Waals surface area contributed by atoms with E-state index in [0.717, 1.165) is 7.11 Å². The minimum atomic E-state index is -3.79. The van der Waals surface area contributed by atoms with Gasteiger partial charge in [0.15, 0.2) is 11.5 Å². The molecule has 2 aliphatic rings. The number of piperidine rings is 1. The van der Waals surface area contributed by atoms with Crippen LogP contribution in [0, 0.1) is 11.8 Å². The molecular formula is C19H29NO3. The highest BCUT2D eigenvalue weighted by Crippen LogP contribution is 2.43. The minimum Gasteiger partial charge on any atom is -0.493 e. The number of fused-ring (bicyclic) bond motifs is 3. The molecule has 0 saturated carbocycles. The Morgan fingerprint density at radius 3 is 3.09 bits per heavy atom. The van der Waals surface area contributed by atoms with Gasteiger partial charge in [-0.25, -0.2) is 0 Å². The van der Waals surface area contributed by atoms with Gasteiger partial charge in [-0.3, -0.25) is 4.90 Å². The second-order valence-electron chi connectivity index (χ2n) is 5.34. The highest BCUT2D eigenvalue weighted by atomic mass is 16.5. The minimum absolute atomic E-state index is 0.383. The van der Waals surface area contributed by atoms with Crippen LogP contribution in [0.2, 0.25) is 0 Å². The van der Waals surface area contributed by atoms with Crippen molar-refractivity contribution < 1.29 is 39.3 Å². The maximum absolute atomic E-state index is 11.1. The maximum Gasteiger partial charge on any atom is 0.161 e. The van der Waals surface area contributed by atoms with E-state index in [1.165, 1.54) is 0 Å². The molecule has 0 radical (unpaired) electrons. The first kappa shape index (κ1) is 5.37. The van der Waals surface area contributed by atoms with E-state index in [2.05, 4.69) is 0 Å². The van der Waals surface area contributed by atoms with Gasteiger partial charge in [-0.15, -0.1) is 0 Å². The fourth-order valence-electron chi connectivity index (χ4n) is 2.88. The molecule has 0 aliphatic carbocycles. The first-order valence-corrected chi connectivity index (χ1v) is 6.96. The number of aliphatic hydroxyl groups excluding tert-OH is 1. The Labute approximate surface area is 164 Å². The Kier molecular flexibility index (Phi) is 1.56. The number of methoxy groups -OCH3 is 2. The Hall–Kier alpha value is -1.26. The summed E-state index contributed by atoms with van der Waals surface area (Å²) in [6.07, 6.45) is -9.35. The summed E-state index contributed by atoms with van der Waals surface area (Å²) in [6.45, 7) is -11.6. The van der Waals surface area contributed by atoms with Gasteiger partial charge in [0.1, 0.15) is 0 Å². The highest BCUT2D eigenvalue weighted by molar-refractivity contribution is 5.49. The molecule has 1 N–H and O–H groups in total. The monoisotopic (exact) mass is 337 g/mol. The fraction of sp³-hybridized carbons (Fsp3) is 0.684. The largest absolute Gasteiger partial charge is 0.493 e. The fourth-order valence-corrected chi connectivity index (χ4v) is 2.88. The molecular weight excluding hydrogens is 290 g/mol. The van der Waals surface area contributed by atoms with E-state index in [9.17, 15) is 5.11 Å². The zero-order chi connectivity index (χ0) is 32.1. The van der Waals surface area contributed by atoms with Crippen molar-refractivity contribution in [2.45, 2.75) is 45.0 Å². The summed E-state index contributed by atoms with van der Waals surface area (Å²) in [4.78, 5) is 0.700. The molecule has 1 aromatic carbocycles. The molecule has 4 heteroatoms. The lowest BCUT2D eigenvalue weighted by molar-refractivity contribution is -0.0191. The van der Waals surface area contributed by atoms with Crippen LogP contribution in [-0.2, 0) is 6.37 Å². The van der Waals surface area contributed by atoms with Gasteiger partial charge in [-0.05, 0) is 54.2 Å². The molecule has 0 amide bonds. The molecule has 3 unspecified atom stereocenters. The van der Waals surface area contributed by atoms with Crippen molar-refractivity contribution in [3.8, 4) is 11.5 Å². The van der Waals surface area contributed by atoms with Gasteiger partial charge in [0.25, 0.3) is 0 Å². The molecule has 2 heterocycles. The molecule has 1 saturated heterocycles. The predicted molar refractivity (Wildman–Crippen MR) is 91.1 cm³/mol. The van der Waals surface area contributed by atoms with Crippen LogP contribution in [0.25, 0.3) is 0 Å². The van der Waals surface area contributed by atoms with Crippen LogP contribution >= 0.6 is 0 Å². The molecule has 3 atom stereocenters. The van der Waals surface area contributed by atoms with E-state index in [4.69, 9.17) is 34.1 Å². The number of aliphatic hydroxyl groups is 1. The Bertz CT molecular complexity index is 1180. The average molecular weight is 338 g/mol. The number of hydrogen-bond acceptors (Lipinski definition) is 4. The summed E-state index contributed by atoms with van der Waals surface area (Å²) in [6, 6.07) is -3.08. The van der Waals surface area contributed by atoms with Crippen LogP contribution in [-0.4, -0.2) is 43.3 Å². The third-order valence-corrected chi connectivity index (χ3v) is 3.95. The second kappa shape index (κ2) is 6.70. The van der Waals surface area contributed by atoms with E-state index >= 15 is 0 Å². The van der Waals surface area contributed by atoms with Gasteiger partial charge < -0.3 is 14.6 Å². The van der Waals surface area contributed by atoms with E-state index in [1.54, 1.807) is 0 Å². The Morgan fingerprint density at radius 1 is 1.52 bits per heavy atom. The summed E-state index contributed by atoms with van der Waals surface area (Å²) in [7, 11) is -2.14. The molecule has 0 bridgehead atoms. The number of rotatable bonds is 4. The third-order valence-electron chi connectivity index (χ3n) is 3.95. The SMILES string of the molecule is [2H]c1c(OC)c(OC([2H])([2H])[2H])c([2H])c2c1C1CC(O)C(C([2H])([2H])C([2H])(C([2H])([2H])[2H])C([2H])([2H])[2H])CN1C([2H])([2H])C2([2H])[2H]. The normalized spacial score (nSPS) is 46.1. The van der Waals surface area contributed by atoms with Gasteiger partial charge in [-0.1, -0.05) is 13.7 Å². The quantitative estimate of drug-likeness (QED) is 0.917. The Morgan fingerprint density at radius 2 is 2.35 bits per heavy atom. The molecule has 0 aromatic heterocycles. The van der Waals surface area contributed by atoms with Crippen molar-refractivity contribution in [2.75, 3.05) is 27.2 Å². The van der Waals surface area contributed by atoms with Gasteiger partial charge >= 0.3 is 0 Å². The molecule has 128 valence electrons. The zero-order valence-electron chi connectivity index (χ0n) is 30.4. The van der Waals surface area contributed by atoms with Crippen molar-refractivity contribution in [1.29, 1.82) is 0 Å². The van der Waals surface area contributed by atoms with Gasteiger partial charge in [-0.2, -0.15) is 0 Å². The van der Waals surface area contributed by atoms with Crippen LogP contribution in [0.15, 0.2) is 12.1 Å². The van der Waals surface area contributed by atoms with Gasteiger partial charge in [0.05, 0.1) is 27.1 Å². The average Bonchev–Trinajstić information content (AvgIpc) is 2.76. The summed E-state index contributed by atoms with van der Waals surface area (Å²) < 4.78 is 156. The maximum atomic E-state index is 11.1. The second-order valence-corrected chi connectivity index (χ2v) is 5.34. The zero-order valence-corrected chi connectivity index (χ0v) is 12.4. The van der Waals surface area contributed by atoms with Gasteiger partial charge in [0, 0.05) is 36.9 Å². The van der Waals surface area contributed by atoms with E-state index in [0.29, 0.717) is 4.90 Å². The summed E-state index contributed by atoms with van der Waals surface area (Å²) in [5.74, 6) is -7.26. The predicted octanol–water partition coefficient (Wildman–Crippen LogP) is 3.03. The third kappa shape index (κ3) is 3.20.